The number of aromatic nitrogens is 2. The molecule has 0 radical (unpaired) electrons. The third-order valence-corrected chi connectivity index (χ3v) is 12.6. The SMILES string of the molecule is CC(C)[C@H](NC(=O)CCOCCOCCOCCOCCNC(=O)CCN1C(=O)C=CC1=O)C(=O)N(CCCN(C(=O)CO)[C@@H](c1nc(-c2cc(F)ccc2F)cn1Cc1ccccc1)C(C)(C)C)[C@@H](CCCNC(N)=O)C(N)=O. The summed E-state index contributed by atoms with van der Waals surface area (Å²) in [5.74, 6) is -5.50. The minimum absolute atomic E-state index is 0.000761. The van der Waals surface area contributed by atoms with Crippen molar-refractivity contribution in [3.8, 4) is 11.3 Å². The molecule has 0 bridgehead atoms. The van der Waals surface area contributed by atoms with Gasteiger partial charge < -0.3 is 65.8 Å². The summed E-state index contributed by atoms with van der Waals surface area (Å²) in [5.41, 5.74) is 11.3. The summed E-state index contributed by atoms with van der Waals surface area (Å²) in [6.07, 6.45) is 3.97. The van der Waals surface area contributed by atoms with Gasteiger partial charge in [0.2, 0.25) is 29.5 Å². The lowest BCUT2D eigenvalue weighted by Crippen LogP contribution is -2.57. The molecule has 2 aromatic carbocycles. The van der Waals surface area contributed by atoms with E-state index in [9.17, 15) is 47.9 Å². The van der Waals surface area contributed by atoms with Gasteiger partial charge >= 0.3 is 6.03 Å². The predicted octanol–water partition coefficient (Wildman–Crippen LogP) is 2.33. The maximum absolute atomic E-state index is 15.3. The monoisotopic (exact) mass is 1120 g/mol. The second-order valence-corrected chi connectivity index (χ2v) is 20.2. The lowest BCUT2D eigenvalue weighted by atomic mass is 9.84. The van der Waals surface area contributed by atoms with E-state index in [-0.39, 0.29) is 141 Å². The zero-order chi connectivity index (χ0) is 58.8. The molecule has 0 saturated heterocycles. The van der Waals surface area contributed by atoms with Crippen LogP contribution in [-0.4, -0.2) is 181 Å². The highest BCUT2D eigenvalue weighted by atomic mass is 19.1. The number of amides is 9. The Kier molecular flexibility index (Phi) is 27.3. The first-order chi connectivity index (χ1) is 38.1. The minimum Gasteiger partial charge on any atom is -0.387 e. The first-order valence-corrected chi connectivity index (χ1v) is 26.6. The largest absolute Gasteiger partial charge is 0.387 e. The van der Waals surface area contributed by atoms with Gasteiger partial charge in [-0.25, -0.2) is 18.6 Å². The molecule has 3 atom stereocenters. The zero-order valence-electron chi connectivity index (χ0n) is 46.3. The Bertz CT molecular complexity index is 2540. The summed E-state index contributed by atoms with van der Waals surface area (Å²) in [5, 5.41) is 18.3. The second kappa shape index (κ2) is 33.4. The highest BCUT2D eigenvalue weighted by Crippen LogP contribution is 2.40. The maximum Gasteiger partial charge on any atom is 0.312 e. The van der Waals surface area contributed by atoms with E-state index in [0.29, 0.717) is 5.82 Å². The standard InChI is InChI=1S/C55H78F2N10O13/c1-37(2)49(63-45(70)19-25-77-27-29-79-31-32-80-30-28-78-26-21-60-44(69)18-24-66-46(71)16-17-47(66)72)53(75)65(43(51(58)74)13-9-20-61-54(59)76)22-10-23-67(48(73)36-68)50(55(3,4)5)52-62-42(40-33-39(56)14-15-41(40)57)35-64(52)34-38-11-7-6-8-12-38/h6-8,11-12,14-17,33,35,37,43,49-50,68H,9-10,13,18-32,34,36H2,1-5H3,(H2,58,74)(H,60,69)(H,63,70)(H3,59,61,76)/t43-,49-,50-/m0/s1. The molecule has 0 aliphatic carbocycles. The number of hydrogen-bond acceptors (Lipinski definition) is 14. The van der Waals surface area contributed by atoms with Crippen LogP contribution in [0.3, 0.4) is 0 Å². The fourth-order valence-corrected chi connectivity index (χ4v) is 8.73. The van der Waals surface area contributed by atoms with Gasteiger partial charge in [0.05, 0.1) is 64.6 Å². The van der Waals surface area contributed by atoms with Gasteiger partial charge in [-0.3, -0.25) is 38.5 Å². The van der Waals surface area contributed by atoms with E-state index >= 15 is 4.39 Å². The number of nitrogens with two attached hydrogens (primary N) is 2. The van der Waals surface area contributed by atoms with Crippen LogP contribution in [0.15, 0.2) is 66.9 Å². The number of halogens is 2. The number of imidazole rings is 1. The first kappa shape index (κ1) is 65.3. The second-order valence-electron chi connectivity index (χ2n) is 20.2. The summed E-state index contributed by atoms with van der Waals surface area (Å²) in [7, 11) is 0. The topological polar surface area (TPSA) is 309 Å². The molecule has 1 aliphatic rings. The molecule has 8 N–H and O–H groups in total. The van der Waals surface area contributed by atoms with Crippen LogP contribution in [0.1, 0.15) is 84.2 Å². The van der Waals surface area contributed by atoms with E-state index < -0.39 is 89.2 Å². The van der Waals surface area contributed by atoms with Gasteiger partial charge in [-0.05, 0) is 54.4 Å². The average Bonchev–Trinajstić information content (AvgIpc) is 3.97. The van der Waals surface area contributed by atoms with Gasteiger partial charge in [0.1, 0.15) is 36.1 Å². The fourth-order valence-electron chi connectivity index (χ4n) is 8.73. The number of urea groups is 1. The highest BCUT2D eigenvalue weighted by molar-refractivity contribution is 6.13. The Morgan fingerprint density at radius 1 is 0.762 bits per heavy atom. The Morgan fingerprint density at radius 3 is 1.96 bits per heavy atom. The van der Waals surface area contributed by atoms with E-state index in [1.807, 2.05) is 51.1 Å². The molecule has 9 amide bonds. The Morgan fingerprint density at radius 2 is 1.38 bits per heavy atom. The van der Waals surface area contributed by atoms with Crippen molar-refractivity contribution in [3.05, 3.63) is 89.9 Å². The van der Waals surface area contributed by atoms with E-state index in [1.54, 1.807) is 24.6 Å². The third-order valence-electron chi connectivity index (χ3n) is 12.6. The molecule has 1 aromatic heterocycles. The average molecular weight is 1130 g/mol. The van der Waals surface area contributed by atoms with Crippen molar-refractivity contribution in [1.82, 2.24) is 40.2 Å². The normalized spacial score (nSPS) is 13.5. The number of aliphatic hydroxyl groups is 1. The number of aliphatic hydroxyl groups excluding tert-OH is 1. The van der Waals surface area contributed by atoms with Crippen molar-refractivity contribution in [2.75, 3.05) is 92.2 Å². The number of nitrogens with one attached hydrogen (secondary N) is 3. The number of ether oxygens (including phenoxy) is 4. The van der Waals surface area contributed by atoms with Crippen LogP contribution in [0.2, 0.25) is 0 Å². The quantitative estimate of drug-likeness (QED) is 0.0357. The first-order valence-electron chi connectivity index (χ1n) is 26.6. The molecule has 2 heterocycles. The smallest absolute Gasteiger partial charge is 0.312 e. The van der Waals surface area contributed by atoms with Gasteiger partial charge in [0.25, 0.3) is 11.8 Å². The molecule has 1 aliphatic heterocycles. The molecular weight excluding hydrogens is 1050 g/mol. The number of imide groups is 1. The van der Waals surface area contributed by atoms with E-state index in [1.165, 1.54) is 9.80 Å². The summed E-state index contributed by atoms with van der Waals surface area (Å²) in [6, 6.07) is 8.26. The number of carbonyl (C=O) groups excluding carboxylic acids is 8. The van der Waals surface area contributed by atoms with Crippen molar-refractivity contribution in [2.45, 2.75) is 91.4 Å². The number of rotatable bonds is 37. The molecule has 3 aromatic rings. The zero-order valence-corrected chi connectivity index (χ0v) is 46.3. The summed E-state index contributed by atoms with van der Waals surface area (Å²) in [6.45, 7) is 10.0. The number of primary amides is 2. The number of nitrogens with zero attached hydrogens (tertiary/aromatic N) is 5. The van der Waals surface area contributed by atoms with Gasteiger partial charge in [0, 0.05) is 76.0 Å². The molecular formula is C55H78F2N10O13. The van der Waals surface area contributed by atoms with Gasteiger partial charge in [-0.1, -0.05) is 65.0 Å². The number of hydrogen-bond donors (Lipinski definition) is 6. The van der Waals surface area contributed by atoms with Crippen LogP contribution in [0, 0.1) is 23.0 Å². The number of carbonyl (C=O) groups is 8. The Hall–Kier alpha value is -7.19. The van der Waals surface area contributed by atoms with Gasteiger partial charge in [-0.15, -0.1) is 0 Å². The van der Waals surface area contributed by atoms with Crippen LogP contribution in [0.5, 0.6) is 0 Å². The van der Waals surface area contributed by atoms with Crippen LogP contribution >= 0.6 is 0 Å². The Balaban J connectivity index is 1.35. The molecule has 80 heavy (non-hydrogen) atoms. The summed E-state index contributed by atoms with van der Waals surface area (Å²) < 4.78 is 53.7. The highest BCUT2D eigenvalue weighted by Gasteiger charge is 2.40. The predicted molar refractivity (Wildman–Crippen MR) is 288 cm³/mol. The molecule has 0 saturated carbocycles. The van der Waals surface area contributed by atoms with Crippen LogP contribution < -0.4 is 27.4 Å². The molecule has 0 unspecified atom stereocenters. The van der Waals surface area contributed by atoms with Crippen LogP contribution in [0.4, 0.5) is 13.6 Å². The maximum atomic E-state index is 15.3. The molecule has 23 nitrogen and oxygen atoms in total. The van der Waals surface area contributed by atoms with Crippen molar-refractivity contribution < 1.29 is 71.2 Å². The molecule has 0 fully saturated rings. The van der Waals surface area contributed by atoms with Crippen molar-refractivity contribution >= 4 is 47.4 Å². The van der Waals surface area contributed by atoms with Crippen molar-refractivity contribution in [1.29, 1.82) is 0 Å². The van der Waals surface area contributed by atoms with Gasteiger partial charge in [0.15, 0.2) is 0 Å². The molecule has 440 valence electrons. The van der Waals surface area contributed by atoms with E-state index in [4.69, 9.17) is 35.4 Å². The third kappa shape index (κ3) is 21.5. The fraction of sp³-hybridized carbons (Fsp3) is 0.545. The van der Waals surface area contributed by atoms with E-state index in [0.717, 1.165) is 40.8 Å². The molecule has 0 spiro atoms. The lowest BCUT2D eigenvalue weighted by Gasteiger charge is -2.40. The minimum atomic E-state index is -1.24. The van der Waals surface area contributed by atoms with Crippen LogP contribution in [-0.2, 0) is 59.1 Å². The van der Waals surface area contributed by atoms with Crippen LogP contribution in [0.25, 0.3) is 11.3 Å². The molecule has 25 heteroatoms. The van der Waals surface area contributed by atoms with Crippen molar-refractivity contribution in [3.63, 3.8) is 0 Å². The summed E-state index contributed by atoms with van der Waals surface area (Å²) >= 11 is 0. The summed E-state index contributed by atoms with van der Waals surface area (Å²) in [4.78, 5) is 110. The Labute approximate surface area is 465 Å². The molecule has 4 rings (SSSR count). The number of benzene rings is 2. The van der Waals surface area contributed by atoms with Crippen molar-refractivity contribution in [2.24, 2.45) is 22.8 Å². The van der Waals surface area contributed by atoms with E-state index in [2.05, 4.69) is 16.0 Å². The lowest BCUT2D eigenvalue weighted by molar-refractivity contribution is -0.144. The van der Waals surface area contributed by atoms with Gasteiger partial charge in [-0.2, -0.15) is 0 Å².